The van der Waals surface area contributed by atoms with Crippen molar-refractivity contribution in [2.45, 2.75) is 18.6 Å². The fourth-order valence-electron chi connectivity index (χ4n) is 2.45. The van der Waals surface area contributed by atoms with Gasteiger partial charge < -0.3 is 9.64 Å². The van der Waals surface area contributed by atoms with Gasteiger partial charge in [0.05, 0.1) is 24.4 Å². The number of fused-ring (bicyclic) bond motifs is 1. The molecule has 2 aromatic heterocycles. The van der Waals surface area contributed by atoms with Crippen molar-refractivity contribution in [2.75, 3.05) is 26.7 Å². The number of nitrogens with one attached hydrogen (secondary N) is 1. The summed E-state index contributed by atoms with van der Waals surface area (Å²) < 4.78 is 7.86. The smallest absolute Gasteiger partial charge is 0.193 e. The Bertz CT molecular complexity index is 510. The topological polar surface area (TPSA) is 67.8 Å². The van der Waals surface area contributed by atoms with E-state index in [2.05, 4.69) is 28.6 Å². The lowest BCUT2D eigenvalue weighted by Gasteiger charge is -2.34. The molecule has 3 N–H and O–H groups in total. The summed E-state index contributed by atoms with van der Waals surface area (Å²) in [6, 6.07) is 0.0901. The molecule has 3 heterocycles. The molecule has 0 aliphatic carbocycles. The van der Waals surface area contributed by atoms with Gasteiger partial charge in [-0.2, -0.15) is 0 Å². The number of rotatable bonds is 4. The van der Waals surface area contributed by atoms with E-state index < -0.39 is 0 Å². The van der Waals surface area contributed by atoms with Gasteiger partial charge >= 0.3 is 0 Å². The molecule has 1 saturated heterocycles. The van der Waals surface area contributed by atoms with E-state index in [-0.39, 0.29) is 12.1 Å². The van der Waals surface area contributed by atoms with Crippen LogP contribution in [0.2, 0.25) is 0 Å². The quantitative estimate of drug-likeness (QED) is 0.614. The van der Waals surface area contributed by atoms with E-state index in [1.165, 1.54) is 0 Å². The lowest BCUT2D eigenvalue weighted by Crippen LogP contribution is -2.54. The number of nitrogens with two attached hydrogens (primary N) is 1. The number of thiazole rings is 1. The van der Waals surface area contributed by atoms with Crippen LogP contribution in [-0.4, -0.2) is 53.2 Å². The molecule has 2 aromatic rings. The number of ether oxygens (including phenoxy) is 1. The molecule has 104 valence electrons. The predicted octanol–water partition coefficient (Wildman–Crippen LogP) is 0.101. The van der Waals surface area contributed by atoms with Crippen molar-refractivity contribution >= 4 is 16.3 Å². The Morgan fingerprint density at radius 3 is 3.32 bits per heavy atom. The van der Waals surface area contributed by atoms with E-state index in [4.69, 9.17) is 10.6 Å². The number of morpholine rings is 1. The second-order valence-corrected chi connectivity index (χ2v) is 5.85. The second kappa shape index (κ2) is 5.56. The summed E-state index contributed by atoms with van der Waals surface area (Å²) in [6.07, 6.45) is 4.97. The Morgan fingerprint density at radius 2 is 2.58 bits per heavy atom. The molecule has 0 saturated carbocycles. The van der Waals surface area contributed by atoms with Gasteiger partial charge in [-0.3, -0.25) is 15.7 Å². The number of hydrazine groups is 1. The van der Waals surface area contributed by atoms with Gasteiger partial charge in [-0.15, -0.1) is 11.3 Å². The number of nitrogens with zero attached hydrogens (tertiary/aromatic N) is 3. The third kappa shape index (κ3) is 2.80. The highest BCUT2D eigenvalue weighted by atomic mass is 32.1. The maximum absolute atomic E-state index is 5.81. The number of aromatic nitrogens is 2. The zero-order chi connectivity index (χ0) is 13.2. The van der Waals surface area contributed by atoms with Crippen molar-refractivity contribution in [3.05, 3.63) is 23.5 Å². The molecule has 0 bridgehead atoms. The van der Waals surface area contributed by atoms with Gasteiger partial charge in [-0.25, -0.2) is 4.98 Å². The number of hydrogen-bond donors (Lipinski definition) is 2. The molecule has 6 nitrogen and oxygen atoms in total. The van der Waals surface area contributed by atoms with Gasteiger partial charge in [-0.05, 0) is 7.05 Å². The maximum atomic E-state index is 5.81. The molecular formula is C12H19N5OS. The van der Waals surface area contributed by atoms with Crippen LogP contribution in [0, 0.1) is 0 Å². The van der Waals surface area contributed by atoms with E-state index in [0.717, 1.165) is 36.8 Å². The van der Waals surface area contributed by atoms with Crippen molar-refractivity contribution in [1.82, 2.24) is 19.7 Å². The zero-order valence-electron chi connectivity index (χ0n) is 11.0. The predicted molar refractivity (Wildman–Crippen MR) is 75.1 cm³/mol. The van der Waals surface area contributed by atoms with Crippen molar-refractivity contribution in [3.8, 4) is 0 Å². The molecule has 0 spiro atoms. The molecule has 19 heavy (non-hydrogen) atoms. The maximum Gasteiger partial charge on any atom is 0.193 e. The summed E-state index contributed by atoms with van der Waals surface area (Å²) >= 11 is 1.64. The SMILES string of the molecule is CN1CCOC(C(Cc2cn3ccsc3n2)NN)C1. The largest absolute Gasteiger partial charge is 0.374 e. The molecule has 0 amide bonds. The first kappa shape index (κ1) is 13.0. The first-order valence-corrected chi connectivity index (χ1v) is 7.31. The van der Waals surface area contributed by atoms with Gasteiger partial charge in [0.15, 0.2) is 4.96 Å². The minimum Gasteiger partial charge on any atom is -0.374 e. The van der Waals surface area contributed by atoms with Crippen molar-refractivity contribution in [2.24, 2.45) is 5.84 Å². The van der Waals surface area contributed by atoms with Gasteiger partial charge in [0.2, 0.25) is 0 Å². The number of likely N-dealkylation sites (N-methyl/N-ethyl adjacent to an activating group) is 1. The first-order valence-electron chi connectivity index (χ1n) is 6.43. The van der Waals surface area contributed by atoms with Gasteiger partial charge in [0, 0.05) is 37.3 Å². The lowest BCUT2D eigenvalue weighted by atomic mass is 10.0. The van der Waals surface area contributed by atoms with E-state index in [0.29, 0.717) is 0 Å². The van der Waals surface area contributed by atoms with Crippen LogP contribution in [0.3, 0.4) is 0 Å². The number of hydrogen-bond acceptors (Lipinski definition) is 6. The van der Waals surface area contributed by atoms with Crippen LogP contribution in [0.25, 0.3) is 4.96 Å². The Labute approximate surface area is 116 Å². The Balaban J connectivity index is 1.70. The Hall–Kier alpha value is -0.990. The van der Waals surface area contributed by atoms with Crippen LogP contribution < -0.4 is 11.3 Å². The molecule has 0 aromatic carbocycles. The van der Waals surface area contributed by atoms with Gasteiger partial charge in [0.25, 0.3) is 0 Å². The summed E-state index contributed by atoms with van der Waals surface area (Å²) in [5.74, 6) is 5.69. The Morgan fingerprint density at radius 1 is 1.68 bits per heavy atom. The van der Waals surface area contributed by atoms with Crippen molar-refractivity contribution in [3.63, 3.8) is 0 Å². The molecule has 0 radical (unpaired) electrons. The minimum atomic E-state index is 0.0901. The average Bonchev–Trinajstić information content (AvgIpc) is 2.96. The van der Waals surface area contributed by atoms with Gasteiger partial charge in [-0.1, -0.05) is 0 Å². The van der Waals surface area contributed by atoms with Crippen LogP contribution in [0.5, 0.6) is 0 Å². The lowest BCUT2D eigenvalue weighted by molar-refractivity contribution is -0.0385. The van der Waals surface area contributed by atoms with E-state index in [9.17, 15) is 0 Å². The van der Waals surface area contributed by atoms with Crippen molar-refractivity contribution < 1.29 is 4.74 Å². The highest BCUT2D eigenvalue weighted by Crippen LogP contribution is 2.15. The molecule has 1 fully saturated rings. The normalized spacial score (nSPS) is 22.9. The second-order valence-electron chi connectivity index (χ2n) is 4.97. The van der Waals surface area contributed by atoms with Gasteiger partial charge in [0.1, 0.15) is 0 Å². The first-order chi connectivity index (χ1) is 9.26. The summed E-state index contributed by atoms with van der Waals surface area (Å²) in [5, 5.41) is 2.03. The fourth-order valence-corrected chi connectivity index (χ4v) is 3.17. The van der Waals surface area contributed by atoms with E-state index in [1.807, 2.05) is 16.0 Å². The molecule has 1 aliphatic heterocycles. The molecule has 7 heteroatoms. The highest BCUT2D eigenvalue weighted by Gasteiger charge is 2.26. The van der Waals surface area contributed by atoms with Crippen LogP contribution >= 0.6 is 11.3 Å². The summed E-state index contributed by atoms with van der Waals surface area (Å²) in [7, 11) is 2.11. The van der Waals surface area contributed by atoms with Crippen LogP contribution in [-0.2, 0) is 11.2 Å². The average molecular weight is 281 g/mol. The molecule has 2 atom stereocenters. The third-order valence-electron chi connectivity index (χ3n) is 3.53. The van der Waals surface area contributed by atoms with Crippen molar-refractivity contribution in [1.29, 1.82) is 0 Å². The standard InChI is InChI=1S/C12H19N5OS/c1-16-2-4-18-11(8-16)10(15-13)6-9-7-17-3-5-19-12(17)14-9/h3,5,7,10-11,15H,2,4,6,8,13H2,1H3. The van der Waals surface area contributed by atoms with Crippen LogP contribution in [0.4, 0.5) is 0 Å². The summed E-state index contributed by atoms with van der Waals surface area (Å²) in [6.45, 7) is 2.64. The van der Waals surface area contributed by atoms with E-state index in [1.54, 1.807) is 11.3 Å². The Kier molecular flexibility index (Phi) is 3.81. The number of imidazole rings is 1. The summed E-state index contributed by atoms with van der Waals surface area (Å²) in [4.78, 5) is 7.88. The molecule has 1 aliphatic rings. The third-order valence-corrected chi connectivity index (χ3v) is 4.30. The minimum absolute atomic E-state index is 0.0901. The van der Waals surface area contributed by atoms with Crippen LogP contribution in [0.1, 0.15) is 5.69 Å². The summed E-state index contributed by atoms with van der Waals surface area (Å²) in [5.41, 5.74) is 3.93. The molecule has 2 unspecified atom stereocenters. The molecular weight excluding hydrogens is 262 g/mol. The monoisotopic (exact) mass is 281 g/mol. The van der Waals surface area contributed by atoms with Crippen LogP contribution in [0.15, 0.2) is 17.8 Å². The highest BCUT2D eigenvalue weighted by molar-refractivity contribution is 7.15. The van der Waals surface area contributed by atoms with E-state index >= 15 is 0 Å². The zero-order valence-corrected chi connectivity index (χ0v) is 11.8. The fraction of sp³-hybridized carbons (Fsp3) is 0.583. The molecule has 3 rings (SSSR count).